The Morgan fingerprint density at radius 3 is 2.56 bits per heavy atom. The van der Waals surface area contributed by atoms with Crippen LogP contribution < -0.4 is 5.32 Å². The number of nitrogens with one attached hydrogen (secondary N) is 1. The van der Waals surface area contributed by atoms with Gasteiger partial charge in [0, 0.05) is 25.4 Å². The Morgan fingerprint density at radius 2 is 2.00 bits per heavy atom. The van der Waals surface area contributed by atoms with Crippen molar-refractivity contribution in [1.82, 2.24) is 5.32 Å². The number of ether oxygens (including phenoxy) is 1. The van der Waals surface area contributed by atoms with E-state index in [1.807, 2.05) is 0 Å². The Bertz CT molecular complexity index is 387. The summed E-state index contributed by atoms with van der Waals surface area (Å²) >= 11 is 1.15. The van der Waals surface area contributed by atoms with Crippen LogP contribution in [0.1, 0.15) is 18.4 Å². The molecule has 0 bridgehead atoms. The molecule has 2 nitrogen and oxygen atoms in total. The van der Waals surface area contributed by atoms with E-state index >= 15 is 0 Å². The van der Waals surface area contributed by atoms with Gasteiger partial charge in [-0.15, -0.1) is 11.8 Å². The number of halogens is 2. The van der Waals surface area contributed by atoms with E-state index in [-0.39, 0.29) is 4.90 Å². The van der Waals surface area contributed by atoms with E-state index in [1.54, 1.807) is 7.11 Å². The molecular weight excluding hydrogens is 256 g/mol. The molecule has 0 radical (unpaired) electrons. The van der Waals surface area contributed by atoms with E-state index < -0.39 is 11.6 Å². The van der Waals surface area contributed by atoms with Gasteiger partial charge in [-0.3, -0.25) is 0 Å². The third-order valence-electron chi connectivity index (χ3n) is 2.76. The minimum absolute atomic E-state index is 0.0854. The molecule has 1 fully saturated rings. The van der Waals surface area contributed by atoms with Crippen molar-refractivity contribution in [1.29, 1.82) is 0 Å². The van der Waals surface area contributed by atoms with Gasteiger partial charge in [-0.1, -0.05) is 0 Å². The zero-order valence-corrected chi connectivity index (χ0v) is 11.2. The number of rotatable bonds is 7. The Labute approximate surface area is 110 Å². The smallest absolute Gasteiger partial charge is 0.140 e. The normalized spacial score (nSPS) is 15.1. The molecule has 100 valence electrons. The first kappa shape index (κ1) is 13.8. The maximum absolute atomic E-state index is 13.7. The summed E-state index contributed by atoms with van der Waals surface area (Å²) in [6, 6.07) is 3.35. The maximum atomic E-state index is 13.7. The molecule has 0 heterocycles. The van der Waals surface area contributed by atoms with Crippen LogP contribution in [0, 0.1) is 11.6 Å². The second-order valence-electron chi connectivity index (χ2n) is 4.39. The highest BCUT2D eigenvalue weighted by molar-refractivity contribution is 7.99. The summed E-state index contributed by atoms with van der Waals surface area (Å²) in [6.45, 7) is 1.01. The van der Waals surface area contributed by atoms with Gasteiger partial charge in [0.15, 0.2) is 0 Å². The zero-order chi connectivity index (χ0) is 13.0. The molecule has 0 amide bonds. The molecule has 1 aromatic carbocycles. The van der Waals surface area contributed by atoms with Gasteiger partial charge in [-0.2, -0.15) is 0 Å². The van der Waals surface area contributed by atoms with Crippen molar-refractivity contribution < 1.29 is 13.5 Å². The first-order valence-electron chi connectivity index (χ1n) is 6.03. The molecule has 0 unspecified atom stereocenters. The van der Waals surface area contributed by atoms with Gasteiger partial charge >= 0.3 is 0 Å². The van der Waals surface area contributed by atoms with Crippen LogP contribution in [0.5, 0.6) is 0 Å². The molecular formula is C13H17F2NOS. The van der Waals surface area contributed by atoms with Crippen molar-refractivity contribution in [3.63, 3.8) is 0 Å². The molecule has 0 aliphatic heterocycles. The summed E-state index contributed by atoms with van der Waals surface area (Å²) in [5.41, 5.74) is 0.660. The molecule has 1 aliphatic carbocycles. The van der Waals surface area contributed by atoms with Crippen LogP contribution in [0.3, 0.4) is 0 Å². The van der Waals surface area contributed by atoms with Crippen LogP contribution >= 0.6 is 11.8 Å². The molecule has 1 aromatic rings. The van der Waals surface area contributed by atoms with Gasteiger partial charge in [0.25, 0.3) is 0 Å². The minimum atomic E-state index is -0.483. The van der Waals surface area contributed by atoms with Gasteiger partial charge < -0.3 is 10.1 Å². The zero-order valence-electron chi connectivity index (χ0n) is 10.3. The lowest BCUT2D eigenvalue weighted by Gasteiger charge is -2.08. The second kappa shape index (κ2) is 6.50. The Kier molecular flexibility index (Phi) is 4.97. The summed E-state index contributed by atoms with van der Waals surface area (Å²) in [6.07, 6.45) is 2.33. The fraction of sp³-hybridized carbons (Fsp3) is 0.538. The molecule has 0 aromatic heterocycles. The largest absolute Gasteiger partial charge is 0.384 e. The Hall–Kier alpha value is -0.650. The van der Waals surface area contributed by atoms with Crippen LogP contribution in [0.2, 0.25) is 0 Å². The quantitative estimate of drug-likeness (QED) is 0.609. The van der Waals surface area contributed by atoms with Crippen molar-refractivity contribution >= 4 is 11.8 Å². The van der Waals surface area contributed by atoms with Gasteiger partial charge in [-0.05, 0) is 30.5 Å². The lowest BCUT2D eigenvalue weighted by atomic mass is 10.2. The summed E-state index contributed by atoms with van der Waals surface area (Å²) < 4.78 is 32.4. The highest BCUT2D eigenvalue weighted by Crippen LogP contribution is 2.27. The summed E-state index contributed by atoms with van der Waals surface area (Å²) in [7, 11) is 1.57. The number of hydrogen-bond donors (Lipinski definition) is 1. The van der Waals surface area contributed by atoms with Gasteiger partial charge in [-0.25, -0.2) is 8.78 Å². The third-order valence-corrected chi connectivity index (χ3v) is 3.81. The first-order valence-corrected chi connectivity index (χ1v) is 7.02. The summed E-state index contributed by atoms with van der Waals surface area (Å²) in [4.78, 5) is 0.0854. The molecule has 1 aliphatic rings. The minimum Gasteiger partial charge on any atom is -0.384 e. The first-order chi connectivity index (χ1) is 8.70. The monoisotopic (exact) mass is 273 g/mol. The van der Waals surface area contributed by atoms with Crippen LogP contribution in [0.25, 0.3) is 0 Å². The molecule has 1 N–H and O–H groups in total. The maximum Gasteiger partial charge on any atom is 0.140 e. The number of hydrogen-bond acceptors (Lipinski definition) is 3. The molecule has 2 rings (SSSR count). The number of methoxy groups -OCH3 is 1. The van der Waals surface area contributed by atoms with Gasteiger partial charge in [0.2, 0.25) is 0 Å². The van der Waals surface area contributed by atoms with Crippen LogP contribution in [-0.2, 0) is 11.3 Å². The number of benzene rings is 1. The van der Waals surface area contributed by atoms with E-state index in [2.05, 4.69) is 5.32 Å². The van der Waals surface area contributed by atoms with Crippen molar-refractivity contribution in [3.8, 4) is 0 Å². The van der Waals surface area contributed by atoms with E-state index in [9.17, 15) is 8.78 Å². The van der Waals surface area contributed by atoms with Gasteiger partial charge in [0.05, 0.1) is 11.5 Å². The highest BCUT2D eigenvalue weighted by Gasteiger charge is 2.20. The topological polar surface area (TPSA) is 21.3 Å². The van der Waals surface area contributed by atoms with E-state index in [4.69, 9.17) is 4.74 Å². The summed E-state index contributed by atoms with van der Waals surface area (Å²) in [5.74, 6) is -0.420. The van der Waals surface area contributed by atoms with Crippen molar-refractivity contribution in [2.45, 2.75) is 30.3 Å². The van der Waals surface area contributed by atoms with Crippen molar-refractivity contribution in [2.75, 3.05) is 19.5 Å². The van der Waals surface area contributed by atoms with Crippen LogP contribution in [-0.4, -0.2) is 25.5 Å². The fourth-order valence-corrected chi connectivity index (χ4v) is 2.48. The molecule has 0 spiro atoms. The third kappa shape index (κ3) is 3.93. The van der Waals surface area contributed by atoms with E-state index in [0.29, 0.717) is 30.5 Å². The van der Waals surface area contributed by atoms with Crippen molar-refractivity contribution in [2.24, 2.45) is 0 Å². The molecule has 0 atom stereocenters. The highest BCUT2D eigenvalue weighted by atomic mass is 32.2. The SMILES string of the molecule is COCCSc1c(F)cc(CNC2CC2)cc1F. The standard InChI is InChI=1S/C13H17F2NOS/c1-17-4-5-18-13-11(14)6-9(7-12(13)15)8-16-10-2-3-10/h6-7,10,16H,2-5,8H2,1H3. The Balaban J connectivity index is 1.97. The fourth-order valence-electron chi connectivity index (χ4n) is 1.63. The summed E-state index contributed by atoms with van der Waals surface area (Å²) in [5, 5.41) is 3.24. The predicted molar refractivity (Wildman–Crippen MR) is 68.8 cm³/mol. The van der Waals surface area contributed by atoms with E-state index in [1.165, 1.54) is 12.1 Å². The average molecular weight is 273 g/mol. The lowest BCUT2D eigenvalue weighted by Crippen LogP contribution is -2.15. The Morgan fingerprint density at radius 1 is 1.33 bits per heavy atom. The van der Waals surface area contributed by atoms with Crippen LogP contribution in [0.4, 0.5) is 8.78 Å². The van der Waals surface area contributed by atoms with E-state index in [0.717, 1.165) is 24.6 Å². The molecule has 5 heteroatoms. The average Bonchev–Trinajstić information content (AvgIpc) is 3.14. The molecule has 18 heavy (non-hydrogen) atoms. The molecule has 0 saturated heterocycles. The predicted octanol–water partition coefficient (Wildman–Crippen LogP) is 2.96. The van der Waals surface area contributed by atoms with Crippen molar-refractivity contribution in [3.05, 3.63) is 29.3 Å². The second-order valence-corrected chi connectivity index (χ2v) is 5.49. The number of thioether (sulfide) groups is 1. The molecule has 1 saturated carbocycles. The van der Waals surface area contributed by atoms with Crippen LogP contribution in [0.15, 0.2) is 17.0 Å². The van der Waals surface area contributed by atoms with Gasteiger partial charge in [0.1, 0.15) is 11.6 Å². The lowest BCUT2D eigenvalue weighted by molar-refractivity contribution is 0.218.